The Kier molecular flexibility index (Phi) is 2.88. The molecule has 2 aromatic heterocycles. The normalized spacial score (nSPS) is 12.2. The van der Waals surface area contributed by atoms with Gasteiger partial charge in [0.15, 0.2) is 0 Å². The van der Waals surface area contributed by atoms with Gasteiger partial charge in [-0.05, 0) is 38.1 Å². The summed E-state index contributed by atoms with van der Waals surface area (Å²) < 4.78 is 5.57. The van der Waals surface area contributed by atoms with Crippen LogP contribution in [0.4, 0.5) is 0 Å². The minimum atomic E-state index is 0.496. The lowest BCUT2D eigenvalue weighted by Crippen LogP contribution is -1.89. The molecule has 0 spiro atoms. The number of imidazole rings is 1. The number of aryl methyl sites for hydroxylation is 1. The Balaban J connectivity index is 2.16. The molecule has 0 amide bonds. The van der Waals surface area contributed by atoms with E-state index in [1.165, 1.54) is 0 Å². The Labute approximate surface area is 116 Å². The zero-order valence-electron chi connectivity index (χ0n) is 11.3. The van der Waals surface area contributed by atoms with Crippen molar-refractivity contribution in [3.63, 3.8) is 0 Å². The highest BCUT2D eigenvalue weighted by molar-refractivity contribution is 5.95. The number of aromatic nitrogens is 2. The number of nitrogens with one attached hydrogen (secondary N) is 1. The summed E-state index contributed by atoms with van der Waals surface area (Å²) in [5.74, 6) is 2.08. The van der Waals surface area contributed by atoms with Gasteiger partial charge < -0.3 is 9.40 Å². The predicted molar refractivity (Wildman–Crippen MR) is 77.6 cm³/mol. The number of nitrogens with zero attached hydrogens (tertiary/aromatic N) is 2. The molecule has 0 fully saturated rings. The van der Waals surface area contributed by atoms with E-state index in [-0.39, 0.29) is 0 Å². The molecule has 0 aliphatic carbocycles. The Morgan fingerprint density at radius 3 is 2.70 bits per heavy atom. The van der Waals surface area contributed by atoms with Crippen LogP contribution in [0.15, 0.2) is 40.8 Å². The van der Waals surface area contributed by atoms with Gasteiger partial charge in [0.2, 0.25) is 0 Å². The number of hydrogen-bond donors (Lipinski definition) is 1. The zero-order valence-corrected chi connectivity index (χ0v) is 11.3. The van der Waals surface area contributed by atoms with Crippen LogP contribution < -0.4 is 0 Å². The monoisotopic (exact) mass is 263 g/mol. The van der Waals surface area contributed by atoms with Gasteiger partial charge in [-0.25, -0.2) is 4.98 Å². The highest BCUT2D eigenvalue weighted by atomic mass is 16.3. The lowest BCUT2D eigenvalue weighted by molar-refractivity contribution is 0.521. The minimum Gasteiger partial charge on any atom is -0.462 e. The second kappa shape index (κ2) is 4.71. The number of H-pyrrole nitrogens is 1. The van der Waals surface area contributed by atoms with Crippen LogP contribution in [-0.4, -0.2) is 9.97 Å². The van der Waals surface area contributed by atoms with Gasteiger partial charge in [-0.1, -0.05) is 12.1 Å². The van der Waals surface area contributed by atoms with E-state index in [4.69, 9.17) is 4.42 Å². The van der Waals surface area contributed by atoms with E-state index >= 15 is 0 Å². The first-order valence-corrected chi connectivity index (χ1v) is 6.32. The molecule has 1 aromatic carbocycles. The van der Waals surface area contributed by atoms with Gasteiger partial charge in [-0.3, -0.25) is 0 Å². The Bertz CT molecular complexity index is 813. The molecule has 4 heteroatoms. The largest absolute Gasteiger partial charge is 0.462 e. The first kappa shape index (κ1) is 12.2. The third-order valence-corrected chi connectivity index (χ3v) is 3.22. The third kappa shape index (κ3) is 1.99. The van der Waals surface area contributed by atoms with Crippen LogP contribution in [0.2, 0.25) is 0 Å². The molecule has 1 N–H and O–H groups in total. The molecule has 0 unspecified atom stereocenters. The Morgan fingerprint density at radius 2 is 2.05 bits per heavy atom. The first-order chi connectivity index (χ1) is 9.69. The molecule has 0 atom stereocenters. The maximum absolute atomic E-state index is 9.43. The highest BCUT2D eigenvalue weighted by Crippen LogP contribution is 2.26. The van der Waals surface area contributed by atoms with Gasteiger partial charge in [-0.2, -0.15) is 5.26 Å². The molecule has 20 heavy (non-hydrogen) atoms. The van der Waals surface area contributed by atoms with Gasteiger partial charge >= 0.3 is 0 Å². The fraction of sp³-hybridized carbons (Fsp3) is 0.125. The lowest BCUT2D eigenvalue weighted by atomic mass is 10.1. The van der Waals surface area contributed by atoms with Gasteiger partial charge in [0.05, 0.1) is 11.0 Å². The zero-order chi connectivity index (χ0) is 14.1. The van der Waals surface area contributed by atoms with E-state index in [0.717, 1.165) is 22.4 Å². The second-order valence-electron chi connectivity index (χ2n) is 4.62. The molecule has 0 saturated heterocycles. The van der Waals surface area contributed by atoms with Crippen molar-refractivity contribution in [3.8, 4) is 6.07 Å². The number of benzene rings is 1. The Morgan fingerprint density at radius 1 is 1.25 bits per heavy atom. The van der Waals surface area contributed by atoms with Crippen LogP contribution in [0.5, 0.6) is 0 Å². The summed E-state index contributed by atoms with van der Waals surface area (Å²) in [5.41, 5.74) is 3.03. The van der Waals surface area contributed by atoms with Crippen molar-refractivity contribution < 1.29 is 4.42 Å². The molecule has 0 saturated carbocycles. The van der Waals surface area contributed by atoms with Crippen molar-refractivity contribution in [2.75, 3.05) is 0 Å². The molecule has 0 aliphatic heterocycles. The van der Waals surface area contributed by atoms with Crippen molar-refractivity contribution in [3.05, 3.63) is 53.7 Å². The summed E-state index contributed by atoms with van der Waals surface area (Å²) in [4.78, 5) is 7.63. The molecule has 3 aromatic rings. The average molecular weight is 263 g/mol. The van der Waals surface area contributed by atoms with Crippen molar-refractivity contribution in [2.45, 2.75) is 13.8 Å². The van der Waals surface area contributed by atoms with E-state index in [1.807, 2.05) is 50.2 Å². The molecule has 98 valence electrons. The molecular formula is C16H13N3O. The highest BCUT2D eigenvalue weighted by Gasteiger charge is 2.13. The van der Waals surface area contributed by atoms with E-state index in [9.17, 15) is 5.26 Å². The predicted octanol–water partition coefficient (Wildman–Crippen LogP) is 3.92. The lowest BCUT2D eigenvalue weighted by Gasteiger charge is -1.99. The first-order valence-electron chi connectivity index (χ1n) is 6.32. The minimum absolute atomic E-state index is 0.496. The van der Waals surface area contributed by atoms with E-state index < -0.39 is 0 Å². The van der Waals surface area contributed by atoms with Gasteiger partial charge in [0.1, 0.15) is 29.0 Å². The molecule has 0 aliphatic rings. The van der Waals surface area contributed by atoms with Crippen molar-refractivity contribution in [1.29, 1.82) is 5.26 Å². The number of hydrogen-bond acceptors (Lipinski definition) is 3. The summed E-state index contributed by atoms with van der Waals surface area (Å²) in [6, 6.07) is 13.7. The summed E-state index contributed by atoms with van der Waals surface area (Å²) >= 11 is 0. The fourth-order valence-corrected chi connectivity index (χ4v) is 2.14. The number of nitriles is 1. The average Bonchev–Trinajstić information content (AvgIpc) is 3.05. The van der Waals surface area contributed by atoms with Crippen molar-refractivity contribution >= 4 is 22.2 Å². The molecule has 4 nitrogen and oxygen atoms in total. The van der Waals surface area contributed by atoms with E-state index in [0.29, 0.717) is 17.2 Å². The second-order valence-corrected chi connectivity index (χ2v) is 4.62. The molecule has 0 radical (unpaired) electrons. The van der Waals surface area contributed by atoms with Crippen LogP contribution in [0.25, 0.3) is 22.2 Å². The maximum atomic E-state index is 9.43. The van der Waals surface area contributed by atoms with Crippen LogP contribution in [0, 0.1) is 18.3 Å². The number of allylic oxidation sites excluding steroid dienone is 2. The quantitative estimate of drug-likeness (QED) is 0.712. The smallest absolute Gasteiger partial charge is 0.149 e. The van der Waals surface area contributed by atoms with Crippen LogP contribution in [-0.2, 0) is 0 Å². The SMILES string of the molecule is C/C(=C(/C#N)c1nc2ccccc2[nH]1)c1ccc(C)o1. The van der Waals surface area contributed by atoms with Crippen LogP contribution >= 0.6 is 0 Å². The Hall–Kier alpha value is -2.80. The van der Waals surface area contributed by atoms with E-state index in [1.54, 1.807) is 0 Å². The molecule has 2 heterocycles. The third-order valence-electron chi connectivity index (χ3n) is 3.22. The summed E-state index contributed by atoms with van der Waals surface area (Å²) in [7, 11) is 0. The number of furan rings is 1. The van der Waals surface area contributed by atoms with E-state index in [2.05, 4.69) is 16.0 Å². The maximum Gasteiger partial charge on any atom is 0.149 e. The summed E-state index contributed by atoms with van der Waals surface area (Å²) in [5, 5.41) is 9.43. The molecule has 0 bridgehead atoms. The van der Waals surface area contributed by atoms with Gasteiger partial charge in [0, 0.05) is 5.57 Å². The van der Waals surface area contributed by atoms with Gasteiger partial charge in [0.25, 0.3) is 0 Å². The topological polar surface area (TPSA) is 65.6 Å². The fourth-order valence-electron chi connectivity index (χ4n) is 2.14. The molecular weight excluding hydrogens is 250 g/mol. The number of fused-ring (bicyclic) bond motifs is 1. The standard InChI is InChI=1S/C16H13N3O/c1-10-7-8-15(20-10)11(2)12(9-17)16-18-13-5-3-4-6-14(13)19-16/h3-8H,1-2H3,(H,18,19)/b12-11+. The van der Waals surface area contributed by atoms with Crippen molar-refractivity contribution in [1.82, 2.24) is 9.97 Å². The van der Waals surface area contributed by atoms with Gasteiger partial charge in [-0.15, -0.1) is 0 Å². The van der Waals surface area contributed by atoms with Crippen LogP contribution in [0.1, 0.15) is 24.3 Å². The number of rotatable bonds is 2. The van der Waals surface area contributed by atoms with Crippen LogP contribution in [0.3, 0.4) is 0 Å². The van der Waals surface area contributed by atoms with Crippen molar-refractivity contribution in [2.24, 2.45) is 0 Å². The number of para-hydroxylation sites is 2. The molecule has 3 rings (SSSR count). The summed E-state index contributed by atoms with van der Waals surface area (Å²) in [6.45, 7) is 3.74. The summed E-state index contributed by atoms with van der Waals surface area (Å²) in [6.07, 6.45) is 0. The number of aromatic amines is 1.